The zero-order chi connectivity index (χ0) is 14.9. The number of hydrogen-bond donors (Lipinski definition) is 1. The lowest BCUT2D eigenvalue weighted by Gasteiger charge is -2.25. The lowest BCUT2D eigenvalue weighted by molar-refractivity contribution is -0.387. The van der Waals surface area contributed by atoms with Gasteiger partial charge in [-0.3, -0.25) is 14.9 Å². The summed E-state index contributed by atoms with van der Waals surface area (Å²) in [5.41, 5.74) is -0.805. The first-order valence-electron chi connectivity index (χ1n) is 5.53. The first-order chi connectivity index (χ1) is 9.32. The molecule has 0 bridgehead atoms. The van der Waals surface area contributed by atoms with E-state index in [2.05, 4.69) is 5.32 Å². The molecule has 1 aliphatic rings. The quantitative estimate of drug-likeness (QED) is 0.617. The standard InChI is InChI=1S/C10H10FN3O5S/c11-8-5-7(1-2-9(8)14(16)17)20(18,19)13-4-3-12-10(15)6-13/h1-2,5H,3-4,6H2,(H,12,15). The molecular formula is C10H10FN3O5S. The number of nitrogens with one attached hydrogen (secondary N) is 1. The van der Waals surface area contributed by atoms with E-state index in [9.17, 15) is 27.7 Å². The Morgan fingerprint density at radius 3 is 2.65 bits per heavy atom. The highest BCUT2D eigenvalue weighted by molar-refractivity contribution is 7.89. The van der Waals surface area contributed by atoms with Crippen LogP contribution >= 0.6 is 0 Å². The van der Waals surface area contributed by atoms with Gasteiger partial charge in [-0.1, -0.05) is 0 Å². The average Bonchev–Trinajstić information content (AvgIpc) is 2.38. The second-order valence-corrected chi connectivity index (χ2v) is 6.00. The van der Waals surface area contributed by atoms with Crippen molar-refractivity contribution in [3.63, 3.8) is 0 Å². The molecule has 0 aromatic heterocycles. The molecular weight excluding hydrogens is 293 g/mol. The Morgan fingerprint density at radius 2 is 2.10 bits per heavy atom. The van der Waals surface area contributed by atoms with Crippen LogP contribution in [0.15, 0.2) is 23.1 Å². The number of sulfonamides is 1. The van der Waals surface area contributed by atoms with Crippen molar-refractivity contribution in [3.05, 3.63) is 34.1 Å². The number of amides is 1. The van der Waals surface area contributed by atoms with Gasteiger partial charge < -0.3 is 5.32 Å². The van der Waals surface area contributed by atoms with Crippen LogP contribution in [0.1, 0.15) is 0 Å². The van der Waals surface area contributed by atoms with Crippen molar-refractivity contribution in [2.24, 2.45) is 0 Å². The predicted octanol–water partition coefficient (Wildman–Crippen LogP) is -0.146. The third-order valence-corrected chi connectivity index (χ3v) is 4.60. The van der Waals surface area contributed by atoms with Crippen molar-refractivity contribution in [3.8, 4) is 0 Å². The van der Waals surface area contributed by atoms with Crippen LogP contribution in [0.3, 0.4) is 0 Å². The molecule has 0 atom stereocenters. The van der Waals surface area contributed by atoms with E-state index in [0.29, 0.717) is 6.07 Å². The number of hydrogen-bond acceptors (Lipinski definition) is 5. The lowest BCUT2D eigenvalue weighted by atomic mass is 10.3. The number of carbonyl (C=O) groups excluding carboxylic acids is 1. The zero-order valence-corrected chi connectivity index (χ0v) is 10.9. The lowest BCUT2D eigenvalue weighted by Crippen LogP contribution is -2.49. The van der Waals surface area contributed by atoms with E-state index in [4.69, 9.17) is 0 Å². The Hall–Kier alpha value is -2.07. The summed E-state index contributed by atoms with van der Waals surface area (Å²) >= 11 is 0. The van der Waals surface area contributed by atoms with Gasteiger partial charge in [-0.15, -0.1) is 0 Å². The van der Waals surface area contributed by atoms with E-state index in [-0.39, 0.29) is 19.6 Å². The van der Waals surface area contributed by atoms with Gasteiger partial charge in [-0.25, -0.2) is 8.42 Å². The van der Waals surface area contributed by atoms with E-state index in [0.717, 1.165) is 16.4 Å². The molecule has 8 nitrogen and oxygen atoms in total. The number of halogens is 1. The zero-order valence-electron chi connectivity index (χ0n) is 10.1. The van der Waals surface area contributed by atoms with Crippen LogP contribution in [-0.4, -0.2) is 43.2 Å². The maximum atomic E-state index is 13.5. The second-order valence-electron chi connectivity index (χ2n) is 4.06. The monoisotopic (exact) mass is 303 g/mol. The first kappa shape index (κ1) is 14.3. The summed E-state index contributed by atoms with van der Waals surface area (Å²) in [6.45, 7) is -0.138. The summed E-state index contributed by atoms with van der Waals surface area (Å²) < 4.78 is 38.7. The molecule has 1 aromatic rings. The molecule has 0 unspecified atom stereocenters. The van der Waals surface area contributed by atoms with Gasteiger partial charge in [0.25, 0.3) is 0 Å². The van der Waals surface area contributed by atoms with Crippen molar-refractivity contribution in [2.45, 2.75) is 4.90 Å². The highest BCUT2D eigenvalue weighted by Crippen LogP contribution is 2.23. The topological polar surface area (TPSA) is 110 Å². The fourth-order valence-electron chi connectivity index (χ4n) is 1.77. The van der Waals surface area contributed by atoms with Crippen molar-refractivity contribution < 1.29 is 22.5 Å². The number of nitrogens with zero attached hydrogens (tertiary/aromatic N) is 2. The number of rotatable bonds is 3. The van der Waals surface area contributed by atoms with E-state index < -0.39 is 37.3 Å². The Morgan fingerprint density at radius 1 is 1.40 bits per heavy atom. The van der Waals surface area contributed by atoms with Gasteiger partial charge in [0, 0.05) is 25.2 Å². The van der Waals surface area contributed by atoms with E-state index in [1.807, 2.05) is 0 Å². The van der Waals surface area contributed by atoms with Gasteiger partial charge in [0.1, 0.15) is 0 Å². The van der Waals surface area contributed by atoms with Crippen molar-refractivity contribution in [1.29, 1.82) is 0 Å². The van der Waals surface area contributed by atoms with Gasteiger partial charge in [0.2, 0.25) is 21.7 Å². The van der Waals surface area contributed by atoms with Crippen LogP contribution in [0.4, 0.5) is 10.1 Å². The molecule has 1 amide bonds. The molecule has 10 heteroatoms. The summed E-state index contributed by atoms with van der Waals surface area (Å²) in [5, 5.41) is 12.9. The minimum atomic E-state index is -4.05. The number of piperazine rings is 1. The van der Waals surface area contributed by atoms with Crippen LogP contribution in [-0.2, 0) is 14.8 Å². The van der Waals surface area contributed by atoms with Crippen molar-refractivity contribution in [2.75, 3.05) is 19.6 Å². The van der Waals surface area contributed by atoms with E-state index >= 15 is 0 Å². The molecule has 0 spiro atoms. The van der Waals surface area contributed by atoms with Gasteiger partial charge >= 0.3 is 5.69 Å². The molecule has 0 aliphatic carbocycles. The summed E-state index contributed by atoms with van der Waals surface area (Å²) in [6, 6.07) is 2.31. The van der Waals surface area contributed by atoms with Gasteiger partial charge in [0.15, 0.2) is 0 Å². The molecule has 0 radical (unpaired) electrons. The fourth-order valence-corrected chi connectivity index (χ4v) is 3.17. The van der Waals surface area contributed by atoms with Crippen molar-refractivity contribution in [1.82, 2.24) is 9.62 Å². The molecule has 20 heavy (non-hydrogen) atoms. The summed E-state index contributed by atoms with van der Waals surface area (Å²) in [7, 11) is -4.05. The number of benzene rings is 1. The largest absolute Gasteiger partial charge is 0.354 e. The Balaban J connectivity index is 2.37. The van der Waals surface area contributed by atoms with E-state index in [1.165, 1.54) is 0 Å². The molecule has 0 saturated carbocycles. The SMILES string of the molecule is O=C1CN(S(=O)(=O)c2ccc([N+](=O)[O-])c(F)c2)CCN1. The summed E-state index contributed by atoms with van der Waals surface area (Å²) in [5.74, 6) is -1.69. The summed E-state index contributed by atoms with van der Waals surface area (Å²) in [6.07, 6.45) is 0. The fraction of sp³-hybridized carbons (Fsp3) is 0.300. The smallest absolute Gasteiger partial charge is 0.304 e. The maximum Gasteiger partial charge on any atom is 0.304 e. The summed E-state index contributed by atoms with van der Waals surface area (Å²) in [4.78, 5) is 20.3. The Bertz CT molecular complexity index is 675. The van der Waals surface area contributed by atoms with Crippen molar-refractivity contribution >= 4 is 21.6 Å². The molecule has 2 rings (SSSR count). The number of nitro groups is 1. The van der Waals surface area contributed by atoms with Crippen LogP contribution < -0.4 is 5.32 Å². The molecule has 1 aliphatic heterocycles. The first-order valence-corrected chi connectivity index (χ1v) is 6.97. The third-order valence-electron chi connectivity index (χ3n) is 2.76. The third kappa shape index (κ3) is 2.60. The number of carbonyl (C=O) groups is 1. The molecule has 108 valence electrons. The average molecular weight is 303 g/mol. The maximum absolute atomic E-state index is 13.5. The van der Waals surface area contributed by atoms with Crippen LogP contribution in [0.2, 0.25) is 0 Å². The van der Waals surface area contributed by atoms with E-state index in [1.54, 1.807) is 0 Å². The minimum Gasteiger partial charge on any atom is -0.354 e. The molecule has 1 fully saturated rings. The molecule has 1 aromatic carbocycles. The van der Waals surface area contributed by atoms with Gasteiger partial charge in [-0.05, 0) is 6.07 Å². The predicted molar refractivity (Wildman–Crippen MR) is 64.8 cm³/mol. The Labute approximate surface area is 113 Å². The van der Waals surface area contributed by atoms with Gasteiger partial charge in [-0.2, -0.15) is 8.70 Å². The minimum absolute atomic E-state index is 0.0622. The van der Waals surface area contributed by atoms with Crippen LogP contribution in [0, 0.1) is 15.9 Å². The highest BCUT2D eigenvalue weighted by atomic mass is 32.2. The second kappa shape index (κ2) is 5.13. The molecule has 1 N–H and O–H groups in total. The van der Waals surface area contributed by atoms with Crippen LogP contribution in [0.25, 0.3) is 0 Å². The Kier molecular flexibility index (Phi) is 3.68. The molecule has 1 heterocycles. The molecule has 1 saturated heterocycles. The number of nitro benzene ring substituents is 1. The normalized spacial score (nSPS) is 16.8. The van der Waals surface area contributed by atoms with Gasteiger partial charge in [0.05, 0.1) is 16.4 Å². The van der Waals surface area contributed by atoms with Crippen LogP contribution in [0.5, 0.6) is 0 Å². The highest BCUT2D eigenvalue weighted by Gasteiger charge is 2.30.